The van der Waals surface area contributed by atoms with Gasteiger partial charge in [-0.25, -0.2) is 16.8 Å². The van der Waals surface area contributed by atoms with Gasteiger partial charge in [0.1, 0.15) is 10.9 Å². The molecule has 0 saturated heterocycles. The van der Waals surface area contributed by atoms with Crippen LogP contribution in [0.5, 0.6) is 0 Å². The molecule has 18 heteroatoms. The number of carbonyl (C=O) groups excluding carboxylic acids is 1. The number of carbonyl (C=O) groups is 1. The lowest BCUT2D eigenvalue weighted by Crippen LogP contribution is -2.52. The minimum Gasteiger partial charge on any atom is -0.276 e. The molecule has 2 aromatic rings. The summed E-state index contributed by atoms with van der Waals surface area (Å²) in [6, 6.07) is 3.07. The summed E-state index contributed by atoms with van der Waals surface area (Å²) in [6.45, 7) is 0. The molecule has 37 heavy (non-hydrogen) atoms. The second kappa shape index (κ2) is 11.8. The van der Waals surface area contributed by atoms with Crippen molar-refractivity contribution in [3.63, 3.8) is 0 Å². The molecule has 0 fully saturated rings. The molecule has 0 heterocycles. The van der Waals surface area contributed by atoms with E-state index in [1.165, 1.54) is 18.2 Å². The molecule has 0 bridgehead atoms. The van der Waals surface area contributed by atoms with Crippen molar-refractivity contribution in [3.05, 3.63) is 58.6 Å². The summed E-state index contributed by atoms with van der Waals surface area (Å²) >= 11 is 6.95. The lowest BCUT2D eigenvalue weighted by Gasteiger charge is -2.20. The highest BCUT2D eigenvalue weighted by molar-refractivity contribution is 7.98. The van der Waals surface area contributed by atoms with Gasteiger partial charge in [-0.2, -0.15) is 42.8 Å². The molecule has 0 aliphatic heterocycles. The number of halogens is 7. The maximum Gasteiger partial charge on any atom is 0.416 e. The van der Waals surface area contributed by atoms with Crippen LogP contribution in [0.25, 0.3) is 0 Å². The normalized spacial score (nSPS) is 13.8. The first-order valence-electron chi connectivity index (χ1n) is 9.75. The Morgan fingerprint density at radius 1 is 0.946 bits per heavy atom. The fourth-order valence-corrected chi connectivity index (χ4v) is 5.88. The molecule has 0 saturated carbocycles. The second-order valence-electron chi connectivity index (χ2n) is 7.22. The van der Waals surface area contributed by atoms with Crippen LogP contribution in [0.2, 0.25) is 5.02 Å². The maximum absolute atomic E-state index is 13.1. The van der Waals surface area contributed by atoms with Crippen molar-refractivity contribution < 1.29 is 48.0 Å². The Balaban J connectivity index is 2.36. The molecular formula is C19H18ClF6N3O5S3. The zero-order valence-corrected chi connectivity index (χ0v) is 21.7. The fourth-order valence-electron chi connectivity index (χ4n) is 2.74. The van der Waals surface area contributed by atoms with Crippen molar-refractivity contribution in [2.45, 2.75) is 34.6 Å². The number of benzene rings is 2. The molecule has 8 nitrogen and oxygen atoms in total. The molecule has 1 atom stereocenters. The number of thioether (sulfide) groups is 1. The highest BCUT2D eigenvalue weighted by Gasteiger charge is 2.39. The Bertz CT molecular complexity index is 1320. The minimum atomic E-state index is -5.31. The zero-order chi connectivity index (χ0) is 28.2. The van der Waals surface area contributed by atoms with Crippen LogP contribution < -0.4 is 15.0 Å². The van der Waals surface area contributed by atoms with Crippen molar-refractivity contribution in [2.24, 2.45) is 0 Å². The summed E-state index contributed by atoms with van der Waals surface area (Å²) in [7, 11) is -9.56. The van der Waals surface area contributed by atoms with Crippen LogP contribution in [0.1, 0.15) is 17.5 Å². The van der Waals surface area contributed by atoms with Crippen LogP contribution in [-0.4, -0.2) is 40.8 Å². The lowest BCUT2D eigenvalue weighted by atomic mass is 10.1. The Hall–Kier alpha value is -2.05. The van der Waals surface area contributed by atoms with Crippen LogP contribution in [0, 0.1) is 0 Å². The van der Waals surface area contributed by atoms with Crippen molar-refractivity contribution in [1.29, 1.82) is 0 Å². The first-order chi connectivity index (χ1) is 16.9. The monoisotopic (exact) mass is 613 g/mol. The molecule has 0 spiro atoms. The minimum absolute atomic E-state index is 0.0127. The second-order valence-corrected chi connectivity index (χ2v) is 12.0. The van der Waals surface area contributed by atoms with Crippen LogP contribution in [0.3, 0.4) is 0 Å². The molecule has 0 aromatic heterocycles. The number of sulfonamides is 2. The third-order valence-corrected chi connectivity index (χ3v) is 8.37. The standard InChI is InChI=1S/C19H18ClF6N3O5S3/c1-35-7-6-15(17(30)27-29-37(33,34)16-5-3-2-4-14(16)20)28-36(31,32)13-9-11(18(21,22)23)8-12(10-13)19(24,25)26/h2-5,8-10,15,28-29H,6-7H2,1H3,(H,27,30). The molecule has 2 aromatic carbocycles. The molecular weight excluding hydrogens is 596 g/mol. The fraction of sp³-hybridized carbons (Fsp3) is 0.316. The van der Waals surface area contributed by atoms with Crippen molar-refractivity contribution in [2.75, 3.05) is 12.0 Å². The van der Waals surface area contributed by atoms with Crippen LogP contribution in [0.15, 0.2) is 52.3 Å². The summed E-state index contributed by atoms with van der Waals surface area (Å²) in [5.74, 6) is -1.18. The lowest BCUT2D eigenvalue weighted by molar-refractivity contribution is -0.143. The largest absolute Gasteiger partial charge is 0.416 e. The van der Waals surface area contributed by atoms with Crippen molar-refractivity contribution in [1.82, 2.24) is 15.0 Å². The van der Waals surface area contributed by atoms with E-state index in [1.807, 2.05) is 0 Å². The average Bonchev–Trinajstić information content (AvgIpc) is 2.79. The highest BCUT2D eigenvalue weighted by atomic mass is 35.5. The van der Waals surface area contributed by atoms with Gasteiger partial charge in [0.2, 0.25) is 10.0 Å². The van der Waals surface area contributed by atoms with Gasteiger partial charge in [0.15, 0.2) is 0 Å². The van der Waals surface area contributed by atoms with Gasteiger partial charge in [-0.3, -0.25) is 10.2 Å². The Morgan fingerprint density at radius 3 is 1.97 bits per heavy atom. The molecule has 3 N–H and O–H groups in total. The Kier molecular flexibility index (Phi) is 9.92. The van der Waals surface area contributed by atoms with Crippen LogP contribution in [-0.2, 0) is 37.2 Å². The number of hydrogen-bond acceptors (Lipinski definition) is 6. The molecule has 2 rings (SSSR count). The number of nitrogens with one attached hydrogen (secondary N) is 3. The van der Waals surface area contributed by atoms with Gasteiger partial charge in [0, 0.05) is 0 Å². The molecule has 0 aliphatic carbocycles. The average molecular weight is 614 g/mol. The van der Waals surface area contributed by atoms with E-state index in [9.17, 15) is 48.0 Å². The first kappa shape index (κ1) is 31.2. The summed E-state index contributed by atoms with van der Waals surface area (Å²) in [5.41, 5.74) is -1.98. The van der Waals surface area contributed by atoms with Gasteiger partial charge in [0.25, 0.3) is 15.9 Å². The summed E-state index contributed by atoms with van der Waals surface area (Å²) in [5, 5.41) is -0.200. The van der Waals surface area contributed by atoms with E-state index in [4.69, 9.17) is 11.6 Å². The van der Waals surface area contributed by atoms with E-state index < -0.39 is 65.3 Å². The molecule has 1 unspecified atom stereocenters. The van der Waals surface area contributed by atoms with Crippen LogP contribution in [0.4, 0.5) is 26.3 Å². The van der Waals surface area contributed by atoms with Crippen LogP contribution >= 0.6 is 23.4 Å². The molecule has 206 valence electrons. The Morgan fingerprint density at radius 2 is 1.49 bits per heavy atom. The number of alkyl halides is 6. The van der Waals surface area contributed by atoms with E-state index in [1.54, 1.807) is 21.2 Å². The maximum atomic E-state index is 13.1. The SMILES string of the molecule is CSCCC(NS(=O)(=O)c1cc(C(F)(F)F)cc(C(F)(F)F)c1)C(=O)NNS(=O)(=O)c1ccccc1Cl. The van der Waals surface area contributed by atoms with Crippen molar-refractivity contribution in [3.8, 4) is 0 Å². The summed E-state index contributed by atoms with van der Waals surface area (Å²) in [6.07, 6.45) is -9.34. The third kappa shape index (κ3) is 8.47. The van der Waals surface area contributed by atoms with Gasteiger partial charge >= 0.3 is 12.4 Å². The topological polar surface area (TPSA) is 121 Å². The van der Waals surface area contributed by atoms with Gasteiger partial charge in [-0.1, -0.05) is 23.7 Å². The predicted molar refractivity (Wildman–Crippen MR) is 123 cm³/mol. The van der Waals surface area contributed by atoms with E-state index in [0.29, 0.717) is 0 Å². The Labute approximate surface area is 217 Å². The zero-order valence-electron chi connectivity index (χ0n) is 18.4. The van der Waals surface area contributed by atoms with Gasteiger partial charge in [0.05, 0.1) is 21.0 Å². The summed E-state index contributed by atoms with van der Waals surface area (Å²) in [4.78, 5) is 12.5. The van der Waals surface area contributed by atoms with Gasteiger partial charge < -0.3 is 0 Å². The third-order valence-electron chi connectivity index (χ3n) is 4.53. The molecule has 1 amide bonds. The number of rotatable bonds is 10. The number of hydrazine groups is 1. The quantitative estimate of drug-likeness (QED) is 0.277. The van der Waals surface area contributed by atoms with Gasteiger partial charge in [-0.15, -0.1) is 4.83 Å². The number of amides is 1. The van der Waals surface area contributed by atoms with E-state index in [-0.39, 0.29) is 35.4 Å². The predicted octanol–water partition coefficient (Wildman–Crippen LogP) is 3.79. The van der Waals surface area contributed by atoms with E-state index >= 15 is 0 Å². The smallest absolute Gasteiger partial charge is 0.276 e. The molecule has 0 radical (unpaired) electrons. The highest BCUT2D eigenvalue weighted by Crippen LogP contribution is 2.37. The summed E-state index contributed by atoms with van der Waals surface area (Å²) < 4.78 is 131. The van der Waals surface area contributed by atoms with E-state index in [2.05, 4.69) is 0 Å². The van der Waals surface area contributed by atoms with Crippen molar-refractivity contribution >= 4 is 49.3 Å². The number of hydrogen-bond donors (Lipinski definition) is 3. The molecule has 0 aliphatic rings. The first-order valence-corrected chi connectivity index (χ1v) is 14.5. The van der Waals surface area contributed by atoms with E-state index in [0.717, 1.165) is 17.8 Å². The van der Waals surface area contributed by atoms with Gasteiger partial charge in [-0.05, 0) is 48.8 Å².